The molecular formula is C26H27N2O3P+2. The lowest BCUT2D eigenvalue weighted by Crippen LogP contribution is -2.35. The van der Waals surface area contributed by atoms with Gasteiger partial charge >= 0.3 is 7.60 Å². The van der Waals surface area contributed by atoms with Crippen molar-refractivity contribution in [3.05, 3.63) is 108 Å². The first-order valence-electron chi connectivity index (χ1n) is 10.5. The topological polar surface area (TPSA) is 65.3 Å². The molecule has 0 aliphatic rings. The van der Waals surface area contributed by atoms with Crippen LogP contribution in [0.1, 0.15) is 22.3 Å². The van der Waals surface area contributed by atoms with Gasteiger partial charge in [-0.3, -0.25) is 4.57 Å². The van der Waals surface area contributed by atoms with Crippen LogP contribution in [-0.4, -0.2) is 9.79 Å². The Hall–Kier alpha value is -3.11. The van der Waals surface area contributed by atoms with Crippen molar-refractivity contribution in [2.45, 2.75) is 27.3 Å². The molecule has 4 rings (SSSR count). The zero-order valence-electron chi connectivity index (χ0n) is 18.4. The first-order chi connectivity index (χ1) is 15.2. The molecule has 162 valence electrons. The Morgan fingerprint density at radius 3 is 1.88 bits per heavy atom. The highest BCUT2D eigenvalue weighted by Crippen LogP contribution is 2.34. The minimum atomic E-state index is -4.31. The van der Waals surface area contributed by atoms with Gasteiger partial charge in [-0.1, -0.05) is 23.8 Å². The highest BCUT2D eigenvalue weighted by atomic mass is 31.2. The van der Waals surface area contributed by atoms with Gasteiger partial charge in [0.15, 0.2) is 31.3 Å². The van der Waals surface area contributed by atoms with Crippen LogP contribution in [0, 0.1) is 20.8 Å². The number of hydrogen-bond acceptors (Lipinski definition) is 1. The van der Waals surface area contributed by atoms with Gasteiger partial charge in [0.05, 0.1) is 5.30 Å². The van der Waals surface area contributed by atoms with Crippen molar-refractivity contribution in [2.24, 2.45) is 0 Å². The maximum Gasteiger partial charge on any atom is 0.356 e. The van der Waals surface area contributed by atoms with Crippen LogP contribution < -0.4 is 14.4 Å². The molecular weight excluding hydrogens is 419 g/mol. The zero-order chi connectivity index (χ0) is 22.9. The molecule has 2 aromatic heterocycles. The smallest absolute Gasteiger partial charge is 0.321 e. The Balaban J connectivity index is 1.56. The van der Waals surface area contributed by atoms with E-state index >= 15 is 0 Å². The van der Waals surface area contributed by atoms with Gasteiger partial charge in [0.1, 0.15) is 0 Å². The van der Waals surface area contributed by atoms with Crippen LogP contribution in [0.2, 0.25) is 0 Å². The molecule has 0 aliphatic carbocycles. The number of hydrogen-bond donors (Lipinski definition) is 2. The van der Waals surface area contributed by atoms with Crippen LogP contribution >= 0.6 is 7.60 Å². The van der Waals surface area contributed by atoms with Crippen molar-refractivity contribution < 1.29 is 23.5 Å². The predicted octanol–water partition coefficient (Wildman–Crippen LogP) is 3.69. The molecule has 0 radical (unpaired) electrons. The van der Waals surface area contributed by atoms with Crippen LogP contribution in [0.3, 0.4) is 0 Å². The van der Waals surface area contributed by atoms with Crippen molar-refractivity contribution in [1.29, 1.82) is 0 Å². The van der Waals surface area contributed by atoms with Gasteiger partial charge in [-0.05, 0) is 50.1 Å². The Morgan fingerprint density at radius 1 is 0.781 bits per heavy atom. The third-order valence-electron chi connectivity index (χ3n) is 5.61. The molecule has 0 unspecified atom stereocenters. The van der Waals surface area contributed by atoms with Crippen molar-refractivity contribution in [2.75, 3.05) is 0 Å². The quantitative estimate of drug-likeness (QED) is 0.363. The number of rotatable bonds is 5. The Kier molecular flexibility index (Phi) is 6.07. The van der Waals surface area contributed by atoms with Gasteiger partial charge in [-0.2, -0.15) is 4.57 Å². The molecule has 0 bridgehead atoms. The molecule has 0 saturated carbocycles. The van der Waals surface area contributed by atoms with E-state index in [0.29, 0.717) is 12.1 Å². The molecule has 0 saturated heterocycles. The molecule has 2 aromatic carbocycles. The zero-order valence-corrected chi connectivity index (χ0v) is 19.3. The molecule has 0 spiro atoms. The van der Waals surface area contributed by atoms with E-state index in [0.717, 1.165) is 11.1 Å². The average molecular weight is 446 g/mol. The van der Waals surface area contributed by atoms with Gasteiger partial charge in [0.25, 0.3) is 0 Å². The molecule has 0 aliphatic heterocycles. The predicted molar refractivity (Wildman–Crippen MR) is 125 cm³/mol. The fourth-order valence-corrected chi connectivity index (χ4v) is 5.03. The Morgan fingerprint density at radius 2 is 1.31 bits per heavy atom. The molecule has 2 N–H and O–H groups in total. The third-order valence-corrected chi connectivity index (χ3v) is 6.67. The van der Waals surface area contributed by atoms with Crippen LogP contribution in [0.5, 0.6) is 0 Å². The van der Waals surface area contributed by atoms with E-state index in [4.69, 9.17) is 0 Å². The van der Waals surface area contributed by atoms with Crippen LogP contribution in [0.15, 0.2) is 85.5 Å². The molecule has 2 heterocycles. The summed E-state index contributed by atoms with van der Waals surface area (Å²) in [6.07, 6.45) is 8.02. The first kappa shape index (κ1) is 22.1. The number of benzene rings is 2. The minimum absolute atomic E-state index is 0.0749. The Bertz CT molecular complexity index is 1290. The van der Waals surface area contributed by atoms with E-state index in [2.05, 4.69) is 62.0 Å². The van der Waals surface area contributed by atoms with E-state index in [1.165, 1.54) is 28.4 Å². The summed E-state index contributed by atoms with van der Waals surface area (Å²) in [5.41, 5.74) is 7.76. The Labute approximate surface area is 188 Å². The maximum absolute atomic E-state index is 11.8. The SMILES string of the molecule is Cc1cc(C)c(-[n+]2ccc(-c3cc[n+](Cc4ccccc4P(=O)(O)O)cc3)cc2)c(C)c1. The highest BCUT2D eigenvalue weighted by Gasteiger charge is 2.22. The summed E-state index contributed by atoms with van der Waals surface area (Å²) in [7, 11) is -4.31. The van der Waals surface area contributed by atoms with Gasteiger partial charge < -0.3 is 9.79 Å². The molecule has 4 aromatic rings. The second kappa shape index (κ2) is 8.79. The normalized spacial score (nSPS) is 11.5. The second-order valence-electron chi connectivity index (χ2n) is 8.17. The molecule has 0 atom stereocenters. The second-order valence-corrected chi connectivity index (χ2v) is 9.74. The van der Waals surface area contributed by atoms with Gasteiger partial charge in [-0.15, -0.1) is 0 Å². The van der Waals surface area contributed by atoms with Crippen molar-refractivity contribution in [3.8, 4) is 16.8 Å². The van der Waals surface area contributed by atoms with E-state index in [9.17, 15) is 14.4 Å². The van der Waals surface area contributed by atoms with Crippen molar-refractivity contribution in [1.82, 2.24) is 0 Å². The van der Waals surface area contributed by atoms with E-state index in [1.54, 1.807) is 18.2 Å². The standard InChI is InChI=1S/C26H25N2O3P/c1-19-16-20(2)26(21(3)17-19)28-14-10-23(11-15-28)22-8-12-27(13-9-22)18-24-6-4-5-7-25(24)32(29,30)31/h4-17H,18H2,1-3H3/p+2. The highest BCUT2D eigenvalue weighted by molar-refractivity contribution is 7.60. The largest absolute Gasteiger partial charge is 0.356 e. The molecule has 0 fully saturated rings. The third kappa shape index (κ3) is 4.71. The number of nitrogens with zero attached hydrogens (tertiary/aromatic N) is 2. The average Bonchev–Trinajstić information content (AvgIpc) is 2.74. The molecule has 5 nitrogen and oxygen atoms in total. The summed E-state index contributed by atoms with van der Waals surface area (Å²) in [5.74, 6) is 0. The minimum Gasteiger partial charge on any atom is -0.321 e. The fourth-order valence-electron chi connectivity index (χ4n) is 4.23. The number of pyridine rings is 2. The fraction of sp³-hybridized carbons (Fsp3) is 0.154. The van der Waals surface area contributed by atoms with Crippen LogP contribution in [0.4, 0.5) is 0 Å². The summed E-state index contributed by atoms with van der Waals surface area (Å²) in [6, 6.07) is 19.3. The van der Waals surface area contributed by atoms with E-state index < -0.39 is 7.60 Å². The molecule has 6 heteroatoms. The first-order valence-corrected chi connectivity index (χ1v) is 12.1. The summed E-state index contributed by atoms with van der Waals surface area (Å²) in [5, 5.41) is 0.0749. The van der Waals surface area contributed by atoms with Gasteiger partial charge in [-0.25, -0.2) is 4.57 Å². The molecule has 0 amide bonds. The van der Waals surface area contributed by atoms with Crippen LogP contribution in [0.25, 0.3) is 16.8 Å². The summed E-state index contributed by atoms with van der Waals surface area (Å²) < 4.78 is 15.8. The van der Waals surface area contributed by atoms with Crippen LogP contribution in [-0.2, 0) is 11.1 Å². The number of aromatic nitrogens is 2. The van der Waals surface area contributed by atoms with Gasteiger partial charge in [0, 0.05) is 41.0 Å². The van der Waals surface area contributed by atoms with E-state index in [1.807, 2.05) is 29.1 Å². The van der Waals surface area contributed by atoms with E-state index in [-0.39, 0.29) is 5.30 Å². The lowest BCUT2D eigenvalue weighted by molar-refractivity contribution is -0.688. The molecule has 32 heavy (non-hydrogen) atoms. The number of aryl methyl sites for hydroxylation is 3. The van der Waals surface area contributed by atoms with Gasteiger partial charge in [0.2, 0.25) is 5.69 Å². The van der Waals surface area contributed by atoms with Crippen molar-refractivity contribution >= 4 is 12.9 Å². The summed E-state index contributed by atoms with van der Waals surface area (Å²) in [6.45, 7) is 6.78. The summed E-state index contributed by atoms with van der Waals surface area (Å²) in [4.78, 5) is 19.2. The summed E-state index contributed by atoms with van der Waals surface area (Å²) >= 11 is 0. The van der Waals surface area contributed by atoms with Crippen molar-refractivity contribution in [3.63, 3.8) is 0 Å². The lowest BCUT2D eigenvalue weighted by Gasteiger charge is -2.09. The maximum atomic E-state index is 11.8. The lowest BCUT2D eigenvalue weighted by atomic mass is 10.0. The monoisotopic (exact) mass is 446 g/mol.